The maximum Gasteiger partial charge on any atom is 0.164 e. The average Bonchev–Trinajstić information content (AvgIpc) is 2.57. The Balaban J connectivity index is 2.28. The highest BCUT2D eigenvalue weighted by atomic mass is 35.5. The molecule has 2 rings (SSSR count). The molecule has 5 unspecified atom stereocenters. The Morgan fingerprint density at radius 3 is 2.56 bits per heavy atom. The maximum atomic E-state index is 11.9. The van der Waals surface area contributed by atoms with Crippen LogP contribution in [0.1, 0.15) is 35.7 Å². The number of halogens is 1. The molecule has 7 nitrogen and oxygen atoms in total. The predicted octanol–water partition coefficient (Wildman–Crippen LogP) is 1.86. The van der Waals surface area contributed by atoms with E-state index >= 15 is 0 Å². The molecule has 0 amide bonds. The highest BCUT2D eigenvalue weighted by molar-refractivity contribution is 6.34. The highest BCUT2D eigenvalue weighted by Gasteiger charge is 2.45. The van der Waals surface area contributed by atoms with Gasteiger partial charge in [0.2, 0.25) is 0 Å². The van der Waals surface area contributed by atoms with Crippen molar-refractivity contribution in [2.24, 2.45) is 11.1 Å². The summed E-state index contributed by atoms with van der Waals surface area (Å²) in [6.45, 7) is 3.12. The van der Waals surface area contributed by atoms with Gasteiger partial charge in [0.15, 0.2) is 11.8 Å². The Kier molecular flexibility index (Phi) is 6.51. The number of carbonyl (C=O) groups is 1. The molecule has 8 heteroatoms. The van der Waals surface area contributed by atoms with E-state index in [9.17, 15) is 25.0 Å². The number of rotatable bonds is 6. The number of nitroso groups, excluding NO2 is 1. The van der Waals surface area contributed by atoms with E-state index in [2.05, 4.69) is 5.18 Å². The van der Waals surface area contributed by atoms with Gasteiger partial charge in [-0.15, -0.1) is 0 Å². The zero-order chi connectivity index (χ0) is 18.7. The molecule has 0 bridgehead atoms. The number of aliphatic hydroxyl groups is 3. The molecule has 5 atom stereocenters. The standard InChI is InChI=1S/C17H22ClNO6/c1-3-12(21)14-8(2)4-10(6-11(14)18)25-13-5-9(7-20)16(22)17(23)15(13)19-24/h4,6,9,13,15-17,20,22-23H,3,5,7H2,1-2H3. The van der Waals surface area contributed by atoms with E-state index in [-0.39, 0.29) is 23.8 Å². The highest BCUT2D eigenvalue weighted by Crippen LogP contribution is 2.33. The predicted molar refractivity (Wildman–Crippen MR) is 92.0 cm³/mol. The first-order valence-electron chi connectivity index (χ1n) is 8.13. The zero-order valence-electron chi connectivity index (χ0n) is 14.1. The van der Waals surface area contributed by atoms with E-state index in [1.165, 1.54) is 6.07 Å². The first-order valence-corrected chi connectivity index (χ1v) is 8.51. The van der Waals surface area contributed by atoms with Gasteiger partial charge in [-0.2, -0.15) is 4.91 Å². The number of aryl methyl sites for hydroxylation is 1. The van der Waals surface area contributed by atoms with Crippen LogP contribution in [-0.4, -0.2) is 52.1 Å². The zero-order valence-corrected chi connectivity index (χ0v) is 14.8. The van der Waals surface area contributed by atoms with Gasteiger partial charge in [-0.05, 0) is 31.0 Å². The number of benzene rings is 1. The third-order valence-electron chi connectivity index (χ3n) is 4.60. The number of ketones is 1. The van der Waals surface area contributed by atoms with Gasteiger partial charge in [0, 0.05) is 24.5 Å². The lowest BCUT2D eigenvalue weighted by molar-refractivity contribution is -0.101. The molecule has 1 aromatic carbocycles. The molecular formula is C17H22ClNO6. The largest absolute Gasteiger partial charge is 0.488 e. The number of nitrogens with zero attached hydrogens (tertiary/aromatic N) is 1. The van der Waals surface area contributed by atoms with Crippen molar-refractivity contribution in [3.05, 3.63) is 33.2 Å². The molecule has 138 valence electrons. The molecule has 0 aliphatic heterocycles. The molecule has 0 aromatic heterocycles. The minimum absolute atomic E-state index is 0.0851. The Bertz CT molecular complexity index is 629. The van der Waals surface area contributed by atoms with Crippen LogP contribution in [0.4, 0.5) is 0 Å². The number of hydrogen-bond acceptors (Lipinski definition) is 7. The summed E-state index contributed by atoms with van der Waals surface area (Å²) >= 11 is 6.19. The van der Waals surface area contributed by atoms with Gasteiger partial charge in [-0.1, -0.05) is 23.7 Å². The van der Waals surface area contributed by atoms with Gasteiger partial charge < -0.3 is 20.1 Å². The van der Waals surface area contributed by atoms with E-state index < -0.39 is 30.3 Å². The van der Waals surface area contributed by atoms with Crippen LogP contribution in [0.2, 0.25) is 5.02 Å². The van der Waals surface area contributed by atoms with Crippen LogP contribution in [-0.2, 0) is 0 Å². The topological polar surface area (TPSA) is 116 Å². The van der Waals surface area contributed by atoms with Gasteiger partial charge in [-0.3, -0.25) is 4.79 Å². The molecule has 25 heavy (non-hydrogen) atoms. The summed E-state index contributed by atoms with van der Waals surface area (Å²) < 4.78 is 5.77. The number of aliphatic hydroxyl groups excluding tert-OH is 3. The molecule has 1 aromatic rings. The Hall–Kier alpha value is -1.54. The lowest BCUT2D eigenvalue weighted by Crippen LogP contribution is -2.55. The third-order valence-corrected chi connectivity index (χ3v) is 4.90. The second kappa shape index (κ2) is 8.23. The van der Waals surface area contributed by atoms with Crippen LogP contribution in [0.25, 0.3) is 0 Å². The monoisotopic (exact) mass is 371 g/mol. The minimum atomic E-state index is -1.43. The summed E-state index contributed by atoms with van der Waals surface area (Å²) in [7, 11) is 0. The van der Waals surface area contributed by atoms with Crippen molar-refractivity contribution < 1.29 is 24.9 Å². The van der Waals surface area contributed by atoms with Crippen LogP contribution in [0.5, 0.6) is 5.75 Å². The molecule has 0 heterocycles. The summed E-state index contributed by atoms with van der Waals surface area (Å²) in [4.78, 5) is 23.0. The molecule has 1 saturated carbocycles. The van der Waals surface area contributed by atoms with Gasteiger partial charge in [0.05, 0.1) is 11.1 Å². The Morgan fingerprint density at radius 2 is 2.04 bits per heavy atom. The molecule has 1 aliphatic carbocycles. The van der Waals surface area contributed by atoms with Crippen molar-refractivity contribution in [3.63, 3.8) is 0 Å². The average molecular weight is 372 g/mol. The van der Waals surface area contributed by atoms with Crippen LogP contribution in [0.3, 0.4) is 0 Å². The smallest absolute Gasteiger partial charge is 0.164 e. The van der Waals surface area contributed by atoms with Crippen LogP contribution < -0.4 is 4.74 Å². The second-order valence-electron chi connectivity index (χ2n) is 6.29. The van der Waals surface area contributed by atoms with Crippen LogP contribution in [0.15, 0.2) is 17.3 Å². The molecule has 1 aliphatic rings. The molecule has 0 radical (unpaired) electrons. The molecular weight excluding hydrogens is 350 g/mol. The van der Waals surface area contributed by atoms with Crippen molar-refractivity contribution in [2.75, 3.05) is 6.61 Å². The lowest BCUT2D eigenvalue weighted by atomic mass is 9.80. The summed E-state index contributed by atoms with van der Waals surface area (Å²) in [5, 5.41) is 32.4. The normalized spacial score (nSPS) is 29.3. The SMILES string of the molecule is CCC(=O)c1c(C)cc(OC2CC(CO)C(O)C(O)C2N=O)cc1Cl. The Labute approximate surface area is 150 Å². The number of carbonyl (C=O) groups excluding carboxylic acids is 1. The van der Waals surface area contributed by atoms with Gasteiger partial charge in [-0.25, -0.2) is 0 Å². The quantitative estimate of drug-likeness (QED) is 0.519. The van der Waals surface area contributed by atoms with Crippen LogP contribution in [0, 0.1) is 17.7 Å². The van der Waals surface area contributed by atoms with E-state index in [4.69, 9.17) is 16.3 Å². The molecule has 1 fully saturated rings. The van der Waals surface area contributed by atoms with Crippen molar-refractivity contribution in [3.8, 4) is 5.75 Å². The molecule has 3 N–H and O–H groups in total. The van der Waals surface area contributed by atoms with E-state index in [0.717, 1.165) is 0 Å². The number of Topliss-reactive ketones (excluding diaryl/α,β-unsaturated/α-hetero) is 1. The van der Waals surface area contributed by atoms with Gasteiger partial charge in [0.25, 0.3) is 0 Å². The summed E-state index contributed by atoms with van der Waals surface area (Å²) in [5.41, 5.74) is 1.06. The fourth-order valence-electron chi connectivity index (χ4n) is 3.19. The first-order chi connectivity index (χ1) is 11.8. The van der Waals surface area contributed by atoms with Crippen molar-refractivity contribution in [1.82, 2.24) is 0 Å². The molecule has 0 saturated heterocycles. The number of ether oxygens (including phenoxy) is 1. The van der Waals surface area contributed by atoms with Gasteiger partial charge in [0.1, 0.15) is 18.0 Å². The van der Waals surface area contributed by atoms with E-state index in [1.807, 2.05) is 0 Å². The maximum absolute atomic E-state index is 11.9. The van der Waals surface area contributed by atoms with E-state index in [0.29, 0.717) is 23.3 Å². The summed E-state index contributed by atoms with van der Waals surface area (Å²) in [5.74, 6) is -0.386. The summed E-state index contributed by atoms with van der Waals surface area (Å²) in [6.07, 6.45) is -3.02. The summed E-state index contributed by atoms with van der Waals surface area (Å²) in [6, 6.07) is 1.93. The second-order valence-corrected chi connectivity index (χ2v) is 6.69. The lowest BCUT2D eigenvalue weighted by Gasteiger charge is -2.38. The fourth-order valence-corrected chi connectivity index (χ4v) is 3.56. The number of hydrogen-bond donors (Lipinski definition) is 3. The van der Waals surface area contributed by atoms with Crippen molar-refractivity contribution in [2.45, 2.75) is 51.0 Å². The minimum Gasteiger partial charge on any atom is -0.488 e. The van der Waals surface area contributed by atoms with Gasteiger partial charge >= 0.3 is 0 Å². The van der Waals surface area contributed by atoms with Crippen molar-refractivity contribution >= 4 is 17.4 Å². The third kappa shape index (κ3) is 4.00. The van der Waals surface area contributed by atoms with Crippen molar-refractivity contribution in [1.29, 1.82) is 0 Å². The first kappa shape index (κ1) is 19.8. The van der Waals surface area contributed by atoms with Crippen LogP contribution >= 0.6 is 11.6 Å². The fraction of sp³-hybridized carbons (Fsp3) is 0.588. The molecule has 0 spiro atoms. The Morgan fingerprint density at radius 1 is 1.36 bits per heavy atom. The van der Waals surface area contributed by atoms with E-state index in [1.54, 1.807) is 19.9 Å².